The van der Waals surface area contributed by atoms with E-state index in [1.807, 2.05) is 0 Å². The van der Waals surface area contributed by atoms with Gasteiger partial charge in [-0.3, -0.25) is 4.98 Å². The molecule has 0 radical (unpaired) electrons. The van der Waals surface area contributed by atoms with Crippen LogP contribution in [-0.2, 0) is 20.3 Å². The van der Waals surface area contributed by atoms with Crippen LogP contribution in [0.5, 0.6) is 0 Å². The van der Waals surface area contributed by atoms with E-state index in [-0.39, 0.29) is 12.6 Å². The topological polar surface area (TPSA) is 102 Å². The molecule has 2 aromatic rings. The number of hydrogen-bond donors (Lipinski definition) is 1. The molecule has 4 rings (SSSR count). The Morgan fingerprint density at radius 1 is 1.46 bits per heavy atom. The van der Waals surface area contributed by atoms with E-state index in [1.54, 1.807) is 18.3 Å². The van der Waals surface area contributed by atoms with Crippen LogP contribution in [0, 0.1) is 6.57 Å². The van der Waals surface area contributed by atoms with Gasteiger partial charge in [0, 0.05) is 30.9 Å². The number of nitrogens with zero attached hydrogens (tertiary/aromatic N) is 4. The number of guanidine groups is 1. The predicted octanol–water partition coefficient (Wildman–Crippen LogP) is 2.59. The fourth-order valence-electron chi connectivity index (χ4n) is 3.54. The number of fused-ring (bicyclic) bond motifs is 1. The van der Waals surface area contributed by atoms with E-state index in [4.69, 9.17) is 28.6 Å². The molecule has 2 aromatic heterocycles. The molecule has 2 aliphatic rings. The van der Waals surface area contributed by atoms with Crippen LogP contribution in [0.2, 0.25) is 5.02 Å². The Kier molecular flexibility index (Phi) is 4.58. The van der Waals surface area contributed by atoms with Crippen molar-refractivity contribution in [3.8, 4) is 10.4 Å². The molecule has 0 bridgehead atoms. The van der Waals surface area contributed by atoms with Gasteiger partial charge in [0.15, 0.2) is 0 Å². The molecule has 1 fully saturated rings. The minimum absolute atomic E-state index is 0.0749. The number of hydrogen-bond acceptors (Lipinski definition) is 7. The highest BCUT2D eigenvalue weighted by Gasteiger charge is 2.56. The van der Waals surface area contributed by atoms with E-state index in [0.717, 1.165) is 14.7 Å². The lowest BCUT2D eigenvalue weighted by Crippen LogP contribution is -2.60. The molecule has 0 aliphatic carbocycles. The molecule has 0 amide bonds. The summed E-state index contributed by atoms with van der Waals surface area (Å²) in [7, 11) is -2.31. The van der Waals surface area contributed by atoms with E-state index >= 15 is 0 Å². The second-order valence-electron chi connectivity index (χ2n) is 6.57. The van der Waals surface area contributed by atoms with Gasteiger partial charge in [0.1, 0.15) is 10.8 Å². The maximum atomic E-state index is 13.0. The minimum Gasteiger partial charge on any atom is -0.378 e. The molecule has 0 aromatic carbocycles. The highest BCUT2D eigenvalue weighted by molar-refractivity contribution is 7.90. The monoisotopic (exact) mass is 437 g/mol. The van der Waals surface area contributed by atoms with E-state index in [9.17, 15) is 8.42 Å². The molecule has 11 heteroatoms. The van der Waals surface area contributed by atoms with Crippen molar-refractivity contribution in [3.05, 3.63) is 45.8 Å². The molecule has 0 saturated carbocycles. The van der Waals surface area contributed by atoms with Crippen LogP contribution in [0.4, 0.5) is 5.69 Å². The number of aliphatic imine (C=N–C) groups is 1. The van der Waals surface area contributed by atoms with Gasteiger partial charge >= 0.3 is 0 Å². The zero-order chi connectivity index (χ0) is 20.1. The van der Waals surface area contributed by atoms with E-state index in [1.165, 1.54) is 24.6 Å². The van der Waals surface area contributed by atoms with Crippen molar-refractivity contribution in [3.63, 3.8) is 0 Å². The van der Waals surface area contributed by atoms with Crippen LogP contribution in [-0.4, -0.2) is 49.2 Å². The molecule has 1 unspecified atom stereocenters. The predicted molar refractivity (Wildman–Crippen MR) is 108 cm³/mol. The number of pyridine rings is 1. The average Bonchev–Trinajstić information content (AvgIpc) is 3.09. The van der Waals surface area contributed by atoms with Crippen LogP contribution in [0.25, 0.3) is 15.3 Å². The molecule has 28 heavy (non-hydrogen) atoms. The SMILES string of the molecule is [C-]#[N+]c1cncc(-c2cc(Cl)c([C@]34COCCC3S(=O)(=O)N(C)C(N)=N4)s2)c1. The van der Waals surface area contributed by atoms with Gasteiger partial charge < -0.3 is 10.5 Å². The third-order valence-electron chi connectivity index (χ3n) is 4.97. The lowest BCUT2D eigenvalue weighted by Gasteiger charge is -2.45. The van der Waals surface area contributed by atoms with Crippen molar-refractivity contribution >= 4 is 44.6 Å². The van der Waals surface area contributed by atoms with Crippen molar-refractivity contribution in [2.75, 3.05) is 20.3 Å². The summed E-state index contributed by atoms with van der Waals surface area (Å²) in [6.07, 6.45) is 3.41. The molecule has 146 valence electrons. The second-order valence-corrected chi connectivity index (χ2v) is 10.2. The van der Waals surface area contributed by atoms with Crippen LogP contribution < -0.4 is 5.73 Å². The summed E-state index contributed by atoms with van der Waals surface area (Å²) >= 11 is 7.87. The Hall–Kier alpha value is -2.19. The van der Waals surface area contributed by atoms with E-state index < -0.39 is 20.8 Å². The van der Waals surface area contributed by atoms with E-state index in [2.05, 4.69) is 14.8 Å². The third kappa shape index (κ3) is 2.78. The van der Waals surface area contributed by atoms with Crippen molar-refractivity contribution in [2.24, 2.45) is 10.7 Å². The van der Waals surface area contributed by atoms with Crippen molar-refractivity contribution in [2.45, 2.75) is 17.2 Å². The number of ether oxygens (including phenoxy) is 1. The van der Waals surface area contributed by atoms with Gasteiger partial charge in [-0.25, -0.2) is 22.6 Å². The number of sulfonamides is 1. The Morgan fingerprint density at radius 3 is 3.00 bits per heavy atom. The Bertz CT molecular complexity index is 1120. The zero-order valence-corrected chi connectivity index (χ0v) is 17.2. The zero-order valence-electron chi connectivity index (χ0n) is 14.8. The van der Waals surface area contributed by atoms with Crippen molar-refractivity contribution in [1.29, 1.82) is 0 Å². The van der Waals surface area contributed by atoms with Gasteiger partial charge in [0.05, 0.1) is 23.1 Å². The minimum atomic E-state index is -3.71. The number of aromatic nitrogens is 1. The molecule has 8 nitrogen and oxygen atoms in total. The summed E-state index contributed by atoms with van der Waals surface area (Å²) < 4.78 is 32.7. The third-order valence-corrected chi connectivity index (χ3v) is 9.03. The molecule has 2 aliphatic heterocycles. The Balaban J connectivity index is 1.90. The first-order valence-corrected chi connectivity index (χ1v) is 11.0. The molecule has 4 heterocycles. The number of nitrogens with two attached hydrogens (primary N) is 1. The van der Waals surface area contributed by atoms with Gasteiger partial charge in [-0.15, -0.1) is 11.3 Å². The largest absolute Gasteiger partial charge is 0.378 e. The van der Waals surface area contributed by atoms with Crippen LogP contribution in [0.15, 0.2) is 29.5 Å². The summed E-state index contributed by atoms with van der Waals surface area (Å²) in [6, 6.07) is 3.45. The molecule has 2 N–H and O–H groups in total. The molecular formula is C17H16ClN5O3S2. The highest BCUT2D eigenvalue weighted by Crippen LogP contribution is 2.49. The van der Waals surface area contributed by atoms with Crippen molar-refractivity contribution in [1.82, 2.24) is 9.29 Å². The molecule has 1 saturated heterocycles. The normalized spacial score (nSPS) is 26.2. The number of thiophene rings is 1. The maximum absolute atomic E-state index is 13.0. The Labute approximate surface area is 171 Å². The van der Waals surface area contributed by atoms with E-state index in [0.29, 0.717) is 28.6 Å². The standard InChI is InChI=1S/C17H16ClN5O3S2/c1-20-11-5-10(7-21-8-11)13-6-12(18)15(27-13)17-9-26-4-3-14(17)28(24,25)23(2)16(19)22-17/h5-8,14H,3-4,9H2,2H3,(H2,19,22)/t14?,17-/m0/s1. The van der Waals surface area contributed by atoms with Crippen LogP contribution in [0.1, 0.15) is 11.3 Å². The van der Waals surface area contributed by atoms with Gasteiger partial charge in [-0.2, -0.15) is 0 Å². The van der Waals surface area contributed by atoms with Gasteiger partial charge in [0.2, 0.25) is 21.7 Å². The van der Waals surface area contributed by atoms with Gasteiger partial charge in [0.25, 0.3) is 0 Å². The molecular weight excluding hydrogens is 422 g/mol. The van der Waals surface area contributed by atoms with Crippen LogP contribution in [0.3, 0.4) is 0 Å². The average molecular weight is 438 g/mol. The van der Waals surface area contributed by atoms with Crippen LogP contribution >= 0.6 is 22.9 Å². The first-order chi connectivity index (χ1) is 13.3. The summed E-state index contributed by atoms with van der Waals surface area (Å²) in [5.74, 6) is -0.0931. The summed E-state index contributed by atoms with van der Waals surface area (Å²) in [5.41, 5.74) is 5.89. The highest BCUT2D eigenvalue weighted by atomic mass is 35.5. The Morgan fingerprint density at radius 2 is 2.25 bits per heavy atom. The quantitative estimate of drug-likeness (QED) is 0.727. The smallest absolute Gasteiger partial charge is 0.243 e. The lowest BCUT2D eigenvalue weighted by atomic mass is 9.90. The molecule has 2 atom stereocenters. The number of rotatable bonds is 2. The fourth-order valence-corrected chi connectivity index (χ4v) is 7.08. The number of halogens is 1. The van der Waals surface area contributed by atoms with Gasteiger partial charge in [-0.05, 0) is 24.1 Å². The van der Waals surface area contributed by atoms with Crippen molar-refractivity contribution < 1.29 is 13.2 Å². The summed E-state index contributed by atoms with van der Waals surface area (Å²) in [4.78, 5) is 13.4. The summed E-state index contributed by atoms with van der Waals surface area (Å²) in [6.45, 7) is 7.55. The lowest BCUT2D eigenvalue weighted by molar-refractivity contribution is 0.0390. The first-order valence-electron chi connectivity index (χ1n) is 8.33. The summed E-state index contributed by atoms with van der Waals surface area (Å²) in [5, 5.41) is -0.428. The fraction of sp³-hybridized carbons (Fsp3) is 0.353. The van der Waals surface area contributed by atoms with Gasteiger partial charge in [-0.1, -0.05) is 11.6 Å². The first kappa shape index (κ1) is 19.1. The second kappa shape index (κ2) is 6.70. The maximum Gasteiger partial charge on any atom is 0.243 e. The molecule has 0 spiro atoms.